The first kappa shape index (κ1) is 16.4. The van der Waals surface area contributed by atoms with Crippen LogP contribution < -0.4 is 10.1 Å². The fourth-order valence-corrected chi connectivity index (χ4v) is 2.26. The summed E-state index contributed by atoms with van der Waals surface area (Å²) in [5.74, 6) is -1.17. The van der Waals surface area contributed by atoms with Crippen molar-refractivity contribution in [3.63, 3.8) is 0 Å². The second-order valence-corrected chi connectivity index (χ2v) is 5.56. The summed E-state index contributed by atoms with van der Waals surface area (Å²) in [5, 5.41) is 2.49. The standard InChI is InChI=1S/C16H14BrF2NO2/c1-22-15-6-2-10(8-13(15)19)3-7-16(21)20-14-5-4-11(17)9-12(14)18/h2,4-6,8-9H,3,7H2,1H3,(H,20,21). The molecular weight excluding hydrogens is 356 g/mol. The molecule has 0 aliphatic carbocycles. The molecule has 0 saturated heterocycles. The van der Waals surface area contributed by atoms with Gasteiger partial charge in [-0.2, -0.15) is 0 Å². The van der Waals surface area contributed by atoms with Crippen molar-refractivity contribution < 1.29 is 18.3 Å². The Balaban J connectivity index is 1.94. The van der Waals surface area contributed by atoms with Gasteiger partial charge in [0.25, 0.3) is 0 Å². The number of methoxy groups -OCH3 is 1. The summed E-state index contributed by atoms with van der Waals surface area (Å²) >= 11 is 3.14. The molecule has 6 heteroatoms. The Morgan fingerprint density at radius 1 is 1.18 bits per heavy atom. The molecule has 1 amide bonds. The molecule has 0 atom stereocenters. The first-order chi connectivity index (χ1) is 10.5. The molecular formula is C16H14BrF2NO2. The Morgan fingerprint density at radius 2 is 1.95 bits per heavy atom. The summed E-state index contributed by atoms with van der Waals surface area (Å²) in [4.78, 5) is 11.8. The second-order valence-electron chi connectivity index (χ2n) is 4.64. The van der Waals surface area contributed by atoms with Crippen molar-refractivity contribution in [1.29, 1.82) is 0 Å². The van der Waals surface area contributed by atoms with Crippen LogP contribution in [0.2, 0.25) is 0 Å². The monoisotopic (exact) mass is 369 g/mol. The van der Waals surface area contributed by atoms with Crippen LogP contribution in [0.25, 0.3) is 0 Å². The largest absolute Gasteiger partial charge is 0.494 e. The van der Waals surface area contributed by atoms with Crippen LogP contribution in [0.3, 0.4) is 0 Å². The van der Waals surface area contributed by atoms with Crippen molar-refractivity contribution in [3.8, 4) is 5.75 Å². The van der Waals surface area contributed by atoms with Gasteiger partial charge in [0.2, 0.25) is 5.91 Å². The van der Waals surface area contributed by atoms with Crippen LogP contribution in [-0.4, -0.2) is 13.0 Å². The zero-order valence-electron chi connectivity index (χ0n) is 11.8. The molecule has 116 valence electrons. The number of benzene rings is 2. The zero-order chi connectivity index (χ0) is 16.1. The predicted octanol–water partition coefficient (Wildman–Crippen LogP) is 4.31. The summed E-state index contributed by atoms with van der Waals surface area (Å²) in [7, 11) is 1.39. The minimum atomic E-state index is -0.516. The Bertz CT molecular complexity index is 692. The van der Waals surface area contributed by atoms with E-state index >= 15 is 0 Å². The summed E-state index contributed by atoms with van der Waals surface area (Å²) in [6.07, 6.45) is 0.478. The fraction of sp³-hybridized carbons (Fsp3) is 0.188. The van der Waals surface area contributed by atoms with Gasteiger partial charge in [-0.25, -0.2) is 8.78 Å². The van der Waals surface area contributed by atoms with Crippen LogP contribution in [0.4, 0.5) is 14.5 Å². The predicted molar refractivity (Wildman–Crippen MR) is 84.0 cm³/mol. The maximum Gasteiger partial charge on any atom is 0.224 e. The maximum atomic E-state index is 13.6. The normalized spacial score (nSPS) is 10.4. The van der Waals surface area contributed by atoms with Gasteiger partial charge in [-0.3, -0.25) is 4.79 Å². The Morgan fingerprint density at radius 3 is 2.59 bits per heavy atom. The molecule has 0 saturated carbocycles. The lowest BCUT2D eigenvalue weighted by Crippen LogP contribution is -2.13. The fourth-order valence-electron chi connectivity index (χ4n) is 1.93. The van der Waals surface area contributed by atoms with Crippen LogP contribution in [0.1, 0.15) is 12.0 Å². The molecule has 0 aliphatic rings. The van der Waals surface area contributed by atoms with Gasteiger partial charge in [0.05, 0.1) is 12.8 Å². The number of rotatable bonds is 5. The highest BCUT2D eigenvalue weighted by molar-refractivity contribution is 9.10. The van der Waals surface area contributed by atoms with E-state index in [1.807, 2.05) is 0 Å². The third kappa shape index (κ3) is 4.27. The lowest BCUT2D eigenvalue weighted by Gasteiger charge is -2.08. The van der Waals surface area contributed by atoms with Crippen molar-refractivity contribution in [2.24, 2.45) is 0 Å². The van der Waals surface area contributed by atoms with E-state index in [1.165, 1.54) is 31.4 Å². The molecule has 2 rings (SSSR count). The second kappa shape index (κ2) is 7.35. The van der Waals surface area contributed by atoms with Crippen LogP contribution >= 0.6 is 15.9 Å². The first-order valence-corrected chi connectivity index (χ1v) is 7.36. The number of aryl methyl sites for hydroxylation is 1. The minimum absolute atomic E-state index is 0.120. The van der Waals surface area contributed by atoms with Crippen LogP contribution in [0.15, 0.2) is 40.9 Å². The van der Waals surface area contributed by atoms with E-state index in [-0.39, 0.29) is 23.8 Å². The van der Waals surface area contributed by atoms with Crippen molar-refractivity contribution in [1.82, 2.24) is 0 Å². The third-order valence-electron chi connectivity index (χ3n) is 3.06. The zero-order valence-corrected chi connectivity index (χ0v) is 13.4. The molecule has 0 radical (unpaired) electrons. The van der Waals surface area contributed by atoms with E-state index < -0.39 is 11.6 Å². The minimum Gasteiger partial charge on any atom is -0.494 e. The number of carbonyl (C=O) groups is 1. The molecule has 0 bridgehead atoms. The van der Waals surface area contributed by atoms with Crippen LogP contribution in [0.5, 0.6) is 5.75 Å². The van der Waals surface area contributed by atoms with Gasteiger partial charge in [-0.05, 0) is 42.3 Å². The average Bonchev–Trinajstić information content (AvgIpc) is 2.48. The molecule has 0 fully saturated rings. The van der Waals surface area contributed by atoms with E-state index in [2.05, 4.69) is 21.2 Å². The number of ether oxygens (including phenoxy) is 1. The molecule has 0 aliphatic heterocycles. The summed E-state index contributed by atoms with van der Waals surface area (Å²) in [6, 6.07) is 8.91. The molecule has 0 heterocycles. The van der Waals surface area contributed by atoms with Gasteiger partial charge < -0.3 is 10.1 Å². The number of nitrogens with one attached hydrogen (secondary N) is 1. The number of amides is 1. The number of anilines is 1. The van der Waals surface area contributed by atoms with Crippen LogP contribution in [0, 0.1) is 11.6 Å². The molecule has 0 spiro atoms. The quantitative estimate of drug-likeness (QED) is 0.852. The van der Waals surface area contributed by atoms with Crippen molar-refractivity contribution in [3.05, 3.63) is 58.1 Å². The Labute approximate surface area is 135 Å². The van der Waals surface area contributed by atoms with Crippen LogP contribution in [-0.2, 0) is 11.2 Å². The number of carbonyl (C=O) groups excluding carboxylic acids is 1. The summed E-state index contributed by atoms with van der Waals surface area (Å²) < 4.78 is 32.6. The maximum absolute atomic E-state index is 13.6. The number of halogens is 3. The Hall–Kier alpha value is -1.95. The number of hydrogen-bond donors (Lipinski definition) is 1. The summed E-state index contributed by atoms with van der Waals surface area (Å²) in [6.45, 7) is 0. The molecule has 2 aromatic rings. The van der Waals surface area contributed by atoms with E-state index in [9.17, 15) is 13.6 Å². The van der Waals surface area contributed by atoms with Gasteiger partial charge in [0.15, 0.2) is 11.6 Å². The van der Waals surface area contributed by atoms with E-state index in [0.29, 0.717) is 16.5 Å². The third-order valence-corrected chi connectivity index (χ3v) is 3.56. The highest BCUT2D eigenvalue weighted by Gasteiger charge is 2.09. The Kier molecular flexibility index (Phi) is 5.49. The molecule has 0 unspecified atom stereocenters. The molecule has 3 nitrogen and oxygen atoms in total. The SMILES string of the molecule is COc1ccc(CCC(=O)Nc2ccc(Br)cc2F)cc1F. The highest BCUT2D eigenvalue weighted by atomic mass is 79.9. The topological polar surface area (TPSA) is 38.3 Å². The van der Waals surface area contributed by atoms with Gasteiger partial charge in [-0.1, -0.05) is 22.0 Å². The van der Waals surface area contributed by atoms with E-state index in [4.69, 9.17) is 4.74 Å². The van der Waals surface area contributed by atoms with E-state index in [0.717, 1.165) is 0 Å². The van der Waals surface area contributed by atoms with Crippen molar-refractivity contribution >= 4 is 27.5 Å². The van der Waals surface area contributed by atoms with Gasteiger partial charge in [0, 0.05) is 10.9 Å². The van der Waals surface area contributed by atoms with Crippen molar-refractivity contribution in [2.45, 2.75) is 12.8 Å². The molecule has 2 aromatic carbocycles. The summed E-state index contributed by atoms with van der Waals surface area (Å²) in [5.41, 5.74) is 0.791. The lowest BCUT2D eigenvalue weighted by molar-refractivity contribution is -0.116. The average molecular weight is 370 g/mol. The highest BCUT2D eigenvalue weighted by Crippen LogP contribution is 2.21. The van der Waals surface area contributed by atoms with E-state index in [1.54, 1.807) is 12.1 Å². The lowest BCUT2D eigenvalue weighted by atomic mass is 10.1. The molecule has 0 aromatic heterocycles. The molecule has 1 N–H and O–H groups in total. The molecule has 22 heavy (non-hydrogen) atoms. The first-order valence-electron chi connectivity index (χ1n) is 6.57. The van der Waals surface area contributed by atoms with Gasteiger partial charge in [0.1, 0.15) is 5.82 Å². The smallest absolute Gasteiger partial charge is 0.224 e. The van der Waals surface area contributed by atoms with Gasteiger partial charge in [-0.15, -0.1) is 0 Å². The van der Waals surface area contributed by atoms with Crippen molar-refractivity contribution in [2.75, 3.05) is 12.4 Å². The number of hydrogen-bond acceptors (Lipinski definition) is 2. The van der Waals surface area contributed by atoms with Gasteiger partial charge >= 0.3 is 0 Å².